The van der Waals surface area contributed by atoms with E-state index in [1.54, 1.807) is 6.20 Å². The summed E-state index contributed by atoms with van der Waals surface area (Å²) >= 11 is 3.33. The number of aryl methyl sites for hydroxylation is 1. The molecule has 94 valence electrons. The highest BCUT2D eigenvalue weighted by Gasteiger charge is 2.20. The van der Waals surface area contributed by atoms with E-state index in [-0.39, 0.29) is 11.8 Å². The molecule has 0 saturated heterocycles. The number of hydrogen-bond donors (Lipinski definition) is 2. The maximum absolute atomic E-state index is 11.9. The second kappa shape index (κ2) is 6.12. The van der Waals surface area contributed by atoms with Crippen LogP contribution in [-0.4, -0.2) is 16.9 Å². The summed E-state index contributed by atoms with van der Waals surface area (Å²) in [6, 6.07) is 1.40. The minimum atomic E-state index is -0.496. The number of pyridine rings is 1. The molecular formula is C12H18BrN3O. The number of anilines is 1. The van der Waals surface area contributed by atoms with Crippen LogP contribution in [0, 0.1) is 12.8 Å². The van der Waals surface area contributed by atoms with Crippen molar-refractivity contribution >= 4 is 27.7 Å². The molecule has 0 bridgehead atoms. The lowest BCUT2D eigenvalue weighted by Gasteiger charge is -2.18. The topological polar surface area (TPSA) is 68.0 Å². The predicted octanol–water partition coefficient (Wildman–Crippen LogP) is 2.46. The molecule has 2 atom stereocenters. The molecule has 5 heteroatoms. The zero-order valence-corrected chi connectivity index (χ0v) is 11.9. The number of hydrogen-bond acceptors (Lipinski definition) is 3. The largest absolute Gasteiger partial charge is 0.320 e. The summed E-state index contributed by atoms with van der Waals surface area (Å²) in [5, 5.41) is 2.76. The van der Waals surface area contributed by atoms with Crippen LogP contribution in [-0.2, 0) is 4.79 Å². The standard InChI is InChI=1S/C12H18BrN3O/c1-4-7(2)10(14)12(17)16-11-8(3)5-9(13)6-15-11/h5-7,10H,4,14H2,1-3H3,(H,15,16,17)/t7?,10-/m0/s1. The first-order chi connectivity index (χ1) is 7.95. The van der Waals surface area contributed by atoms with E-state index in [1.165, 1.54) is 0 Å². The number of aromatic nitrogens is 1. The fourth-order valence-corrected chi connectivity index (χ4v) is 1.83. The maximum Gasteiger partial charge on any atom is 0.242 e. The fraction of sp³-hybridized carbons (Fsp3) is 0.500. The lowest BCUT2D eigenvalue weighted by Crippen LogP contribution is -2.40. The molecule has 0 aliphatic carbocycles. The third-order valence-corrected chi connectivity index (χ3v) is 3.28. The van der Waals surface area contributed by atoms with Crippen LogP contribution in [0.2, 0.25) is 0 Å². The molecule has 1 unspecified atom stereocenters. The Labute approximate surface area is 110 Å². The van der Waals surface area contributed by atoms with Crippen molar-refractivity contribution in [3.8, 4) is 0 Å². The Morgan fingerprint density at radius 3 is 2.82 bits per heavy atom. The highest BCUT2D eigenvalue weighted by Crippen LogP contribution is 2.17. The highest BCUT2D eigenvalue weighted by molar-refractivity contribution is 9.10. The third kappa shape index (κ3) is 3.78. The van der Waals surface area contributed by atoms with Crippen LogP contribution < -0.4 is 11.1 Å². The van der Waals surface area contributed by atoms with Gasteiger partial charge in [-0.1, -0.05) is 20.3 Å². The number of carbonyl (C=O) groups excluding carboxylic acids is 1. The van der Waals surface area contributed by atoms with Crippen LogP contribution in [0.3, 0.4) is 0 Å². The van der Waals surface area contributed by atoms with E-state index in [9.17, 15) is 4.79 Å². The van der Waals surface area contributed by atoms with Gasteiger partial charge in [0.2, 0.25) is 5.91 Å². The summed E-state index contributed by atoms with van der Waals surface area (Å²) in [5.41, 5.74) is 6.76. The number of carbonyl (C=O) groups is 1. The molecule has 1 rings (SSSR count). The zero-order chi connectivity index (χ0) is 13.0. The second-order valence-electron chi connectivity index (χ2n) is 4.22. The molecule has 1 aromatic rings. The Bertz CT molecular complexity index is 409. The molecule has 3 N–H and O–H groups in total. The number of nitrogens with one attached hydrogen (secondary N) is 1. The van der Waals surface area contributed by atoms with Gasteiger partial charge in [0.25, 0.3) is 0 Å². The van der Waals surface area contributed by atoms with Gasteiger partial charge >= 0.3 is 0 Å². The SMILES string of the molecule is CCC(C)[C@H](N)C(=O)Nc1ncc(Br)cc1C. The van der Waals surface area contributed by atoms with E-state index in [0.29, 0.717) is 5.82 Å². The van der Waals surface area contributed by atoms with E-state index in [1.807, 2.05) is 26.8 Å². The van der Waals surface area contributed by atoms with Gasteiger partial charge in [0, 0.05) is 10.7 Å². The summed E-state index contributed by atoms with van der Waals surface area (Å²) < 4.78 is 0.888. The van der Waals surface area contributed by atoms with Gasteiger partial charge in [-0.05, 0) is 40.4 Å². The van der Waals surface area contributed by atoms with Gasteiger partial charge in [-0.25, -0.2) is 4.98 Å². The molecule has 0 saturated carbocycles. The third-order valence-electron chi connectivity index (χ3n) is 2.85. The molecule has 0 aliphatic heterocycles. The molecule has 4 nitrogen and oxygen atoms in total. The van der Waals surface area contributed by atoms with Gasteiger partial charge in [-0.3, -0.25) is 4.79 Å². The highest BCUT2D eigenvalue weighted by atomic mass is 79.9. The van der Waals surface area contributed by atoms with Crippen molar-refractivity contribution in [1.29, 1.82) is 0 Å². The van der Waals surface area contributed by atoms with Crippen molar-refractivity contribution in [2.75, 3.05) is 5.32 Å². The molecule has 0 radical (unpaired) electrons. The predicted molar refractivity (Wildman–Crippen MR) is 72.7 cm³/mol. The molecule has 17 heavy (non-hydrogen) atoms. The first kappa shape index (κ1) is 14.1. The van der Waals surface area contributed by atoms with E-state index < -0.39 is 6.04 Å². The summed E-state index contributed by atoms with van der Waals surface area (Å²) in [6.45, 7) is 5.87. The van der Waals surface area contributed by atoms with E-state index in [0.717, 1.165) is 16.5 Å². The van der Waals surface area contributed by atoms with Crippen LogP contribution in [0.4, 0.5) is 5.82 Å². The minimum absolute atomic E-state index is 0.158. The molecule has 0 fully saturated rings. The Morgan fingerprint density at radius 2 is 2.29 bits per heavy atom. The van der Waals surface area contributed by atoms with Gasteiger partial charge < -0.3 is 11.1 Å². The Kier molecular flexibility index (Phi) is 5.08. The molecule has 0 spiro atoms. The van der Waals surface area contributed by atoms with E-state index in [4.69, 9.17) is 5.73 Å². The first-order valence-corrected chi connectivity index (χ1v) is 6.43. The summed E-state index contributed by atoms with van der Waals surface area (Å²) in [7, 11) is 0. The average Bonchev–Trinajstić information content (AvgIpc) is 2.30. The van der Waals surface area contributed by atoms with Crippen LogP contribution in [0.25, 0.3) is 0 Å². The van der Waals surface area contributed by atoms with Crippen molar-refractivity contribution in [1.82, 2.24) is 4.98 Å². The monoisotopic (exact) mass is 299 g/mol. The van der Waals surface area contributed by atoms with Crippen molar-refractivity contribution in [3.63, 3.8) is 0 Å². The number of rotatable bonds is 4. The smallest absolute Gasteiger partial charge is 0.242 e. The number of amides is 1. The van der Waals surface area contributed by atoms with Crippen LogP contribution in [0.5, 0.6) is 0 Å². The fourth-order valence-electron chi connectivity index (χ4n) is 1.38. The Balaban J connectivity index is 2.74. The first-order valence-electron chi connectivity index (χ1n) is 5.64. The lowest BCUT2D eigenvalue weighted by molar-refractivity contribution is -0.118. The average molecular weight is 300 g/mol. The molecular weight excluding hydrogens is 282 g/mol. The van der Waals surface area contributed by atoms with Gasteiger partial charge in [0.05, 0.1) is 6.04 Å². The molecule has 1 amide bonds. The van der Waals surface area contributed by atoms with Crippen molar-refractivity contribution in [2.24, 2.45) is 11.7 Å². The number of halogens is 1. The van der Waals surface area contributed by atoms with Crippen LogP contribution in [0.15, 0.2) is 16.7 Å². The number of nitrogens with two attached hydrogens (primary N) is 1. The van der Waals surface area contributed by atoms with Crippen LogP contribution in [0.1, 0.15) is 25.8 Å². The Hall–Kier alpha value is -0.940. The molecule has 1 aromatic heterocycles. The van der Waals surface area contributed by atoms with Gasteiger partial charge in [-0.2, -0.15) is 0 Å². The zero-order valence-electron chi connectivity index (χ0n) is 10.3. The molecule has 1 heterocycles. The number of nitrogens with zero attached hydrogens (tertiary/aromatic N) is 1. The summed E-state index contributed by atoms with van der Waals surface area (Å²) in [6.07, 6.45) is 2.53. The molecule has 0 aliphatic rings. The summed E-state index contributed by atoms with van der Waals surface area (Å²) in [5.74, 6) is 0.542. The van der Waals surface area contributed by atoms with Gasteiger partial charge in [-0.15, -0.1) is 0 Å². The van der Waals surface area contributed by atoms with Gasteiger partial charge in [0.1, 0.15) is 5.82 Å². The van der Waals surface area contributed by atoms with E-state index >= 15 is 0 Å². The van der Waals surface area contributed by atoms with Gasteiger partial charge in [0.15, 0.2) is 0 Å². The quantitative estimate of drug-likeness (QED) is 0.897. The van der Waals surface area contributed by atoms with Crippen molar-refractivity contribution < 1.29 is 4.79 Å². The Morgan fingerprint density at radius 1 is 1.65 bits per heavy atom. The molecule has 0 aromatic carbocycles. The lowest BCUT2D eigenvalue weighted by atomic mass is 9.99. The minimum Gasteiger partial charge on any atom is -0.320 e. The second-order valence-corrected chi connectivity index (χ2v) is 5.14. The van der Waals surface area contributed by atoms with Crippen LogP contribution >= 0.6 is 15.9 Å². The van der Waals surface area contributed by atoms with E-state index in [2.05, 4.69) is 26.2 Å². The maximum atomic E-state index is 11.9. The normalized spacial score (nSPS) is 14.2. The summed E-state index contributed by atoms with van der Waals surface area (Å²) in [4.78, 5) is 16.0. The van der Waals surface area contributed by atoms with Crippen molar-refractivity contribution in [3.05, 3.63) is 22.3 Å². The van der Waals surface area contributed by atoms with Crippen molar-refractivity contribution in [2.45, 2.75) is 33.2 Å².